The van der Waals surface area contributed by atoms with Crippen LogP contribution in [-0.2, 0) is 4.79 Å². The fourth-order valence-electron chi connectivity index (χ4n) is 10.5. The van der Waals surface area contributed by atoms with Gasteiger partial charge in [-0.1, -0.05) is 346 Å². The maximum absolute atomic E-state index is 12.5. The quantitative estimate of drug-likeness (QED) is 0.0420. The zero-order chi connectivity index (χ0) is 50.6. The van der Waals surface area contributed by atoms with Gasteiger partial charge < -0.3 is 15.5 Å². The van der Waals surface area contributed by atoms with Crippen LogP contribution in [0.25, 0.3) is 0 Å². The van der Waals surface area contributed by atoms with Gasteiger partial charge in [-0.25, -0.2) is 0 Å². The summed E-state index contributed by atoms with van der Waals surface area (Å²) in [4.78, 5) is 12.5. The standard InChI is InChI=1S/C66H129NO3/c1-3-5-7-9-11-13-15-17-19-21-23-25-27-29-30-31-32-33-34-35-36-38-40-42-44-46-48-50-52-54-56-58-60-62-66(70)67-64(63-68)65(69)61-59-57-55-53-51-49-47-45-43-41-39-37-28-26-24-22-20-18-16-14-12-10-8-6-4-2/h29-30,59,61,64-65,68-69H,3-28,31-58,60,62-63H2,1-2H3,(H,67,70)/b30-29-,61-59+. The topological polar surface area (TPSA) is 69.6 Å². The highest BCUT2D eigenvalue weighted by molar-refractivity contribution is 5.76. The lowest BCUT2D eigenvalue weighted by Crippen LogP contribution is -2.45. The molecule has 0 rings (SSSR count). The molecule has 0 aromatic rings. The van der Waals surface area contributed by atoms with Gasteiger partial charge in [0.25, 0.3) is 0 Å². The maximum atomic E-state index is 12.5. The molecule has 0 saturated carbocycles. The van der Waals surface area contributed by atoms with E-state index in [-0.39, 0.29) is 12.5 Å². The monoisotopic (exact) mass is 984 g/mol. The van der Waals surface area contributed by atoms with E-state index < -0.39 is 12.1 Å². The summed E-state index contributed by atoms with van der Waals surface area (Å²) in [6, 6.07) is -0.621. The van der Waals surface area contributed by atoms with Crippen LogP contribution >= 0.6 is 0 Å². The Morgan fingerprint density at radius 2 is 0.543 bits per heavy atom. The highest BCUT2D eigenvalue weighted by Crippen LogP contribution is 2.19. The minimum Gasteiger partial charge on any atom is -0.394 e. The molecule has 0 saturated heterocycles. The van der Waals surface area contributed by atoms with Crippen molar-refractivity contribution in [1.82, 2.24) is 5.32 Å². The van der Waals surface area contributed by atoms with Crippen LogP contribution in [0.2, 0.25) is 0 Å². The van der Waals surface area contributed by atoms with Gasteiger partial charge in [-0.15, -0.1) is 0 Å². The van der Waals surface area contributed by atoms with Crippen molar-refractivity contribution in [1.29, 1.82) is 0 Å². The molecular formula is C66H129NO3. The number of hydrogen-bond acceptors (Lipinski definition) is 3. The second kappa shape index (κ2) is 62.2. The molecule has 0 spiro atoms. The first kappa shape index (κ1) is 68.9. The summed E-state index contributed by atoms with van der Waals surface area (Å²) in [6.07, 6.45) is 83.9. The van der Waals surface area contributed by atoms with E-state index in [0.29, 0.717) is 6.42 Å². The van der Waals surface area contributed by atoms with Crippen molar-refractivity contribution < 1.29 is 15.0 Å². The Morgan fingerprint density at radius 3 is 0.786 bits per heavy atom. The predicted molar refractivity (Wildman–Crippen MR) is 313 cm³/mol. The smallest absolute Gasteiger partial charge is 0.220 e. The van der Waals surface area contributed by atoms with Crippen LogP contribution < -0.4 is 5.32 Å². The number of carbonyl (C=O) groups excluding carboxylic acids is 1. The third-order valence-corrected chi connectivity index (χ3v) is 15.4. The lowest BCUT2D eigenvalue weighted by Gasteiger charge is -2.20. The molecule has 0 fully saturated rings. The summed E-state index contributed by atoms with van der Waals surface area (Å²) in [7, 11) is 0. The zero-order valence-corrected chi connectivity index (χ0v) is 48.1. The van der Waals surface area contributed by atoms with Crippen LogP contribution in [0.5, 0.6) is 0 Å². The summed E-state index contributed by atoms with van der Waals surface area (Å²) in [5, 5.41) is 23.3. The van der Waals surface area contributed by atoms with Crippen LogP contribution in [0.1, 0.15) is 373 Å². The highest BCUT2D eigenvalue weighted by Gasteiger charge is 2.18. The Bertz CT molecular complexity index is 1020. The molecule has 2 atom stereocenters. The number of hydrogen-bond donors (Lipinski definition) is 3. The van der Waals surface area contributed by atoms with Crippen LogP contribution in [0.3, 0.4) is 0 Å². The predicted octanol–water partition coefficient (Wildman–Crippen LogP) is 21.8. The van der Waals surface area contributed by atoms with Crippen molar-refractivity contribution in [2.45, 2.75) is 386 Å². The van der Waals surface area contributed by atoms with Gasteiger partial charge in [-0.05, 0) is 44.9 Å². The third-order valence-electron chi connectivity index (χ3n) is 15.4. The fraction of sp³-hybridized carbons (Fsp3) is 0.924. The number of rotatable bonds is 61. The Kier molecular flexibility index (Phi) is 61.2. The summed E-state index contributed by atoms with van der Waals surface area (Å²) in [5.74, 6) is -0.0558. The van der Waals surface area contributed by atoms with Gasteiger partial charge >= 0.3 is 0 Å². The minimum atomic E-state index is -0.838. The maximum Gasteiger partial charge on any atom is 0.220 e. The third kappa shape index (κ3) is 57.8. The minimum absolute atomic E-state index is 0.0558. The number of allylic oxidation sites excluding steroid dienone is 3. The van der Waals surface area contributed by atoms with E-state index in [2.05, 4.69) is 31.3 Å². The first-order valence-corrected chi connectivity index (χ1v) is 32.6. The van der Waals surface area contributed by atoms with Crippen molar-refractivity contribution >= 4 is 5.91 Å². The average Bonchev–Trinajstić information content (AvgIpc) is 3.36. The number of aliphatic hydroxyl groups is 2. The van der Waals surface area contributed by atoms with E-state index in [1.165, 1.54) is 327 Å². The Morgan fingerprint density at radius 1 is 0.329 bits per heavy atom. The molecule has 2 unspecified atom stereocenters. The van der Waals surface area contributed by atoms with Gasteiger partial charge in [0.15, 0.2) is 0 Å². The van der Waals surface area contributed by atoms with Gasteiger partial charge in [0.05, 0.1) is 18.8 Å². The average molecular weight is 985 g/mol. The highest BCUT2D eigenvalue weighted by atomic mass is 16.3. The van der Waals surface area contributed by atoms with E-state index in [4.69, 9.17) is 0 Å². The molecule has 0 heterocycles. The van der Waals surface area contributed by atoms with E-state index >= 15 is 0 Å². The lowest BCUT2D eigenvalue weighted by atomic mass is 10.0. The van der Waals surface area contributed by atoms with E-state index in [0.717, 1.165) is 25.7 Å². The van der Waals surface area contributed by atoms with Crippen LogP contribution in [0.4, 0.5) is 0 Å². The van der Waals surface area contributed by atoms with Crippen molar-refractivity contribution in [2.75, 3.05) is 6.61 Å². The zero-order valence-electron chi connectivity index (χ0n) is 48.1. The van der Waals surface area contributed by atoms with Gasteiger partial charge in [-0.3, -0.25) is 4.79 Å². The number of amides is 1. The van der Waals surface area contributed by atoms with Crippen LogP contribution in [0.15, 0.2) is 24.3 Å². The first-order chi connectivity index (χ1) is 34.7. The van der Waals surface area contributed by atoms with Crippen molar-refractivity contribution in [3.63, 3.8) is 0 Å². The molecule has 4 heteroatoms. The van der Waals surface area contributed by atoms with E-state index in [1.54, 1.807) is 6.08 Å². The normalized spacial score (nSPS) is 12.8. The van der Waals surface area contributed by atoms with Gasteiger partial charge in [-0.2, -0.15) is 0 Å². The molecule has 0 aliphatic carbocycles. The fourth-order valence-corrected chi connectivity index (χ4v) is 10.5. The summed E-state index contributed by atoms with van der Waals surface area (Å²) >= 11 is 0. The van der Waals surface area contributed by atoms with Crippen LogP contribution in [0, 0.1) is 0 Å². The molecule has 416 valence electrons. The Balaban J connectivity index is 3.42. The Labute approximate surface area is 440 Å². The van der Waals surface area contributed by atoms with E-state index in [9.17, 15) is 15.0 Å². The summed E-state index contributed by atoms with van der Waals surface area (Å²) in [6.45, 7) is 4.36. The molecule has 4 nitrogen and oxygen atoms in total. The summed E-state index contributed by atoms with van der Waals surface area (Å²) < 4.78 is 0. The molecule has 1 amide bonds. The second-order valence-corrected chi connectivity index (χ2v) is 22.5. The number of unbranched alkanes of at least 4 members (excludes halogenated alkanes) is 52. The second-order valence-electron chi connectivity index (χ2n) is 22.5. The molecule has 0 aromatic carbocycles. The van der Waals surface area contributed by atoms with E-state index in [1.807, 2.05) is 6.08 Å². The molecule has 0 aromatic heterocycles. The molecule has 0 radical (unpaired) electrons. The SMILES string of the molecule is CCCCCCCCCCCCCC/C=C\CCCCCCCCCCCCCCCCCCCC(=O)NC(CO)C(O)/C=C/CCCCCCCCCCCCCCCCCCCCCCCCC. The lowest BCUT2D eigenvalue weighted by molar-refractivity contribution is -0.123. The first-order valence-electron chi connectivity index (χ1n) is 32.6. The van der Waals surface area contributed by atoms with Crippen molar-refractivity contribution in [3.8, 4) is 0 Å². The largest absolute Gasteiger partial charge is 0.394 e. The number of carbonyl (C=O) groups is 1. The molecular weight excluding hydrogens is 855 g/mol. The number of aliphatic hydroxyl groups excluding tert-OH is 2. The van der Waals surface area contributed by atoms with Crippen molar-refractivity contribution in [2.24, 2.45) is 0 Å². The van der Waals surface area contributed by atoms with Gasteiger partial charge in [0.2, 0.25) is 5.91 Å². The molecule has 70 heavy (non-hydrogen) atoms. The molecule has 0 aliphatic heterocycles. The van der Waals surface area contributed by atoms with Crippen LogP contribution in [-0.4, -0.2) is 34.9 Å². The van der Waals surface area contributed by atoms with Gasteiger partial charge in [0.1, 0.15) is 0 Å². The Hall–Kier alpha value is -1.13. The molecule has 0 bridgehead atoms. The molecule has 3 N–H and O–H groups in total. The number of nitrogens with one attached hydrogen (secondary N) is 1. The molecule has 0 aliphatic rings. The summed E-state index contributed by atoms with van der Waals surface area (Å²) in [5.41, 5.74) is 0. The van der Waals surface area contributed by atoms with Crippen molar-refractivity contribution in [3.05, 3.63) is 24.3 Å². The van der Waals surface area contributed by atoms with Gasteiger partial charge in [0, 0.05) is 6.42 Å².